The van der Waals surface area contributed by atoms with Gasteiger partial charge in [-0.15, -0.1) is 0 Å². The number of hydrogen-bond donors (Lipinski definition) is 0. The van der Waals surface area contributed by atoms with Gasteiger partial charge in [-0.1, -0.05) is 48.0 Å². The minimum absolute atomic E-state index is 0.0653. The van der Waals surface area contributed by atoms with E-state index in [1.807, 2.05) is 54.7 Å². The van der Waals surface area contributed by atoms with Crippen molar-refractivity contribution in [3.63, 3.8) is 0 Å². The van der Waals surface area contributed by atoms with E-state index < -0.39 is 0 Å². The molecular formula is C28H32ClN3O2. The molecule has 34 heavy (non-hydrogen) atoms. The van der Waals surface area contributed by atoms with Crippen molar-refractivity contribution in [2.24, 2.45) is 0 Å². The number of aromatic nitrogens is 1. The zero-order valence-corrected chi connectivity index (χ0v) is 20.2. The quantitative estimate of drug-likeness (QED) is 0.473. The van der Waals surface area contributed by atoms with E-state index in [0.29, 0.717) is 25.3 Å². The topological polar surface area (TPSA) is 37.8 Å². The van der Waals surface area contributed by atoms with Crippen molar-refractivity contribution in [1.29, 1.82) is 0 Å². The molecule has 5 rings (SSSR count). The summed E-state index contributed by atoms with van der Waals surface area (Å²) in [6, 6.07) is 25.2. The Morgan fingerprint density at radius 1 is 0.941 bits per heavy atom. The molecule has 2 fully saturated rings. The number of halogens is 1. The maximum absolute atomic E-state index is 6.31. The summed E-state index contributed by atoms with van der Waals surface area (Å²) in [5, 5.41) is 0.778. The van der Waals surface area contributed by atoms with Gasteiger partial charge in [0.15, 0.2) is 0 Å². The third-order valence-corrected chi connectivity index (χ3v) is 7.13. The predicted molar refractivity (Wildman–Crippen MR) is 137 cm³/mol. The van der Waals surface area contributed by atoms with Crippen LogP contribution in [-0.4, -0.2) is 60.9 Å². The smallest absolute Gasteiger partial charge is 0.128 e. The molecule has 2 atom stereocenters. The largest absolute Gasteiger partial charge is 0.491 e. The van der Waals surface area contributed by atoms with E-state index in [-0.39, 0.29) is 6.10 Å². The molecule has 0 radical (unpaired) electrons. The Kier molecular flexibility index (Phi) is 7.64. The van der Waals surface area contributed by atoms with Gasteiger partial charge in [0, 0.05) is 42.9 Å². The van der Waals surface area contributed by atoms with Crippen molar-refractivity contribution in [3.8, 4) is 5.75 Å². The summed E-state index contributed by atoms with van der Waals surface area (Å²) in [6.45, 7) is 4.22. The molecule has 3 heterocycles. The van der Waals surface area contributed by atoms with Gasteiger partial charge >= 0.3 is 0 Å². The molecule has 2 aliphatic rings. The van der Waals surface area contributed by atoms with Crippen molar-refractivity contribution in [3.05, 3.63) is 89.6 Å². The molecule has 178 valence electrons. The van der Waals surface area contributed by atoms with Crippen molar-refractivity contribution in [2.45, 2.75) is 37.5 Å². The van der Waals surface area contributed by atoms with E-state index in [1.165, 1.54) is 5.56 Å². The minimum Gasteiger partial charge on any atom is -0.491 e. The van der Waals surface area contributed by atoms with Gasteiger partial charge in [0.05, 0.1) is 6.61 Å². The molecule has 0 saturated carbocycles. The Morgan fingerprint density at radius 2 is 1.71 bits per heavy atom. The van der Waals surface area contributed by atoms with Gasteiger partial charge < -0.3 is 14.4 Å². The second-order valence-electron chi connectivity index (χ2n) is 9.17. The van der Waals surface area contributed by atoms with Crippen LogP contribution in [0.4, 0.5) is 5.82 Å². The minimum atomic E-state index is 0.0653. The van der Waals surface area contributed by atoms with Crippen LogP contribution in [0.1, 0.15) is 18.4 Å². The number of piperidine rings is 1. The van der Waals surface area contributed by atoms with E-state index in [2.05, 4.69) is 39.0 Å². The lowest BCUT2D eigenvalue weighted by molar-refractivity contribution is -0.0946. The summed E-state index contributed by atoms with van der Waals surface area (Å²) in [6.07, 6.45) is 5.16. The molecule has 2 aliphatic heterocycles. The van der Waals surface area contributed by atoms with Gasteiger partial charge in [0.25, 0.3) is 0 Å². The number of pyridine rings is 1. The third-order valence-electron chi connectivity index (χ3n) is 6.88. The Balaban J connectivity index is 1.25. The summed E-state index contributed by atoms with van der Waals surface area (Å²) in [4.78, 5) is 9.64. The summed E-state index contributed by atoms with van der Waals surface area (Å²) in [5.74, 6) is 1.97. The molecule has 1 aromatic heterocycles. The maximum Gasteiger partial charge on any atom is 0.128 e. The zero-order valence-electron chi connectivity index (χ0n) is 19.4. The molecule has 2 saturated heterocycles. The van der Waals surface area contributed by atoms with E-state index in [0.717, 1.165) is 55.5 Å². The molecule has 0 amide bonds. The number of hydrogen-bond acceptors (Lipinski definition) is 5. The summed E-state index contributed by atoms with van der Waals surface area (Å²) >= 11 is 6.11. The van der Waals surface area contributed by atoms with Gasteiger partial charge in [-0.2, -0.15) is 0 Å². The Labute approximate surface area is 207 Å². The normalized spacial score (nSPS) is 22.0. The predicted octanol–water partition coefficient (Wildman–Crippen LogP) is 5.09. The fraction of sp³-hybridized carbons (Fsp3) is 0.393. The van der Waals surface area contributed by atoms with Crippen LogP contribution in [0.3, 0.4) is 0 Å². The zero-order chi connectivity index (χ0) is 23.2. The number of nitrogens with zero attached hydrogens (tertiary/aromatic N) is 3. The highest BCUT2D eigenvalue weighted by Gasteiger charge is 2.35. The lowest BCUT2D eigenvalue weighted by atomic mass is 9.96. The van der Waals surface area contributed by atoms with E-state index in [9.17, 15) is 0 Å². The van der Waals surface area contributed by atoms with Crippen LogP contribution in [0.5, 0.6) is 5.75 Å². The number of rotatable bonds is 7. The third kappa shape index (κ3) is 5.90. The molecule has 2 aromatic carbocycles. The highest BCUT2D eigenvalue weighted by molar-refractivity contribution is 6.30. The molecule has 3 aromatic rings. The first-order valence-electron chi connectivity index (χ1n) is 12.2. The van der Waals surface area contributed by atoms with E-state index >= 15 is 0 Å². The number of anilines is 1. The maximum atomic E-state index is 6.31. The van der Waals surface area contributed by atoms with Crippen LogP contribution in [-0.2, 0) is 11.2 Å². The van der Waals surface area contributed by atoms with Gasteiger partial charge in [-0.3, -0.25) is 4.90 Å². The van der Waals surface area contributed by atoms with Crippen molar-refractivity contribution in [1.82, 2.24) is 9.88 Å². The first kappa shape index (κ1) is 23.2. The highest BCUT2D eigenvalue weighted by atomic mass is 35.5. The first-order chi connectivity index (χ1) is 16.7. The summed E-state index contributed by atoms with van der Waals surface area (Å²) < 4.78 is 12.3. The van der Waals surface area contributed by atoms with Gasteiger partial charge in [0.1, 0.15) is 24.3 Å². The van der Waals surface area contributed by atoms with Gasteiger partial charge in [-0.25, -0.2) is 4.98 Å². The number of ether oxygens (including phenoxy) is 2. The van der Waals surface area contributed by atoms with Crippen LogP contribution in [0, 0.1) is 0 Å². The molecule has 5 nitrogen and oxygen atoms in total. The lowest BCUT2D eigenvalue weighted by Gasteiger charge is -2.47. The van der Waals surface area contributed by atoms with Crippen LogP contribution in [0.25, 0.3) is 0 Å². The van der Waals surface area contributed by atoms with Crippen LogP contribution in [0.15, 0.2) is 79.0 Å². The number of benzene rings is 2. The van der Waals surface area contributed by atoms with Crippen LogP contribution in [0.2, 0.25) is 5.02 Å². The van der Waals surface area contributed by atoms with Gasteiger partial charge in [0.2, 0.25) is 0 Å². The van der Waals surface area contributed by atoms with Crippen molar-refractivity contribution < 1.29 is 9.47 Å². The Bertz CT molecular complexity index is 1010. The second-order valence-corrected chi connectivity index (χ2v) is 9.60. The summed E-state index contributed by atoms with van der Waals surface area (Å²) in [5.41, 5.74) is 1.30. The number of para-hydroxylation sites is 1. The lowest BCUT2D eigenvalue weighted by Crippen LogP contribution is -2.58. The fourth-order valence-corrected chi connectivity index (χ4v) is 5.20. The molecule has 0 unspecified atom stereocenters. The van der Waals surface area contributed by atoms with E-state index in [1.54, 1.807) is 0 Å². The SMILES string of the molecule is Clc1ccc(C[C@H]2CO[C@@H](COc3ccccc3)CN2C2CCN(c3ccccn3)CC2)cc1. The second kappa shape index (κ2) is 11.2. The monoisotopic (exact) mass is 477 g/mol. The first-order valence-corrected chi connectivity index (χ1v) is 12.6. The van der Waals surface area contributed by atoms with E-state index in [4.69, 9.17) is 21.1 Å². The Hall–Kier alpha value is -2.60. The van der Waals surface area contributed by atoms with Crippen molar-refractivity contribution >= 4 is 17.4 Å². The molecule has 0 aliphatic carbocycles. The highest BCUT2D eigenvalue weighted by Crippen LogP contribution is 2.27. The molecule has 0 bridgehead atoms. The van der Waals surface area contributed by atoms with Crippen molar-refractivity contribution in [2.75, 3.05) is 37.7 Å². The Morgan fingerprint density at radius 3 is 2.44 bits per heavy atom. The summed E-state index contributed by atoms with van der Waals surface area (Å²) in [7, 11) is 0. The number of morpholine rings is 1. The average Bonchev–Trinajstić information content (AvgIpc) is 2.90. The molecule has 0 N–H and O–H groups in total. The fourth-order valence-electron chi connectivity index (χ4n) is 5.07. The standard InChI is InChI=1S/C28H32ClN3O2/c29-23-11-9-22(10-12-23)18-25-20-33-27(21-34-26-6-2-1-3-7-26)19-32(25)24-13-16-31(17-14-24)28-8-4-5-15-30-28/h1-12,15,24-25,27H,13-14,16-21H2/t25-,27+/m0/s1. The molecule has 0 spiro atoms. The molecule has 6 heteroatoms. The van der Waals surface area contributed by atoms with Gasteiger partial charge in [-0.05, 0) is 61.2 Å². The average molecular weight is 478 g/mol. The van der Waals surface area contributed by atoms with Crippen LogP contribution < -0.4 is 9.64 Å². The molecular weight excluding hydrogens is 446 g/mol. The van der Waals surface area contributed by atoms with Crippen LogP contribution >= 0.6 is 11.6 Å².